The van der Waals surface area contributed by atoms with Gasteiger partial charge in [-0.05, 0) is 30.4 Å². The van der Waals surface area contributed by atoms with Gasteiger partial charge in [-0.2, -0.15) is 0 Å². The number of carbonyl (C=O) groups is 1. The number of benzene rings is 1. The van der Waals surface area contributed by atoms with Gasteiger partial charge in [0.25, 0.3) is 0 Å². The van der Waals surface area contributed by atoms with E-state index in [4.69, 9.17) is 4.74 Å². The molecule has 0 unspecified atom stereocenters. The van der Waals surface area contributed by atoms with Crippen molar-refractivity contribution in [2.24, 2.45) is 5.41 Å². The summed E-state index contributed by atoms with van der Waals surface area (Å²) in [4.78, 5) is 12.1. The fourth-order valence-corrected chi connectivity index (χ4v) is 3.49. The van der Waals surface area contributed by atoms with Gasteiger partial charge in [-0.1, -0.05) is 41.5 Å². The van der Waals surface area contributed by atoms with E-state index in [0.717, 1.165) is 11.3 Å². The van der Waals surface area contributed by atoms with Crippen LogP contribution >= 0.6 is 21.6 Å². The molecule has 6 heteroatoms. The van der Waals surface area contributed by atoms with Gasteiger partial charge in [0.15, 0.2) is 11.5 Å². The first-order chi connectivity index (χ1) is 9.90. The topological polar surface area (TPSA) is 58.6 Å². The first kappa shape index (κ1) is 18.0. The van der Waals surface area contributed by atoms with E-state index in [2.05, 4.69) is 5.32 Å². The monoisotopic (exact) mass is 329 g/mol. The highest BCUT2D eigenvalue weighted by Crippen LogP contribution is 2.28. The SMILES string of the molecule is COc1cc(CCNC(=O)C(C)(C)CSSC)ccc1O. The van der Waals surface area contributed by atoms with Crippen molar-refractivity contribution in [2.45, 2.75) is 20.3 Å². The van der Waals surface area contributed by atoms with E-state index in [9.17, 15) is 9.90 Å². The lowest BCUT2D eigenvalue weighted by Crippen LogP contribution is -2.39. The van der Waals surface area contributed by atoms with E-state index in [1.54, 1.807) is 33.7 Å². The van der Waals surface area contributed by atoms with Gasteiger partial charge in [0.05, 0.1) is 12.5 Å². The summed E-state index contributed by atoms with van der Waals surface area (Å²) in [5.41, 5.74) is 0.640. The minimum Gasteiger partial charge on any atom is -0.504 e. The van der Waals surface area contributed by atoms with E-state index in [0.29, 0.717) is 18.7 Å². The Balaban J connectivity index is 2.48. The molecular formula is C15H23NO3S2. The molecule has 1 aromatic rings. The third kappa shape index (κ3) is 5.71. The Morgan fingerprint density at radius 1 is 1.43 bits per heavy atom. The van der Waals surface area contributed by atoms with Crippen molar-refractivity contribution in [3.63, 3.8) is 0 Å². The molecule has 0 spiro atoms. The fraction of sp³-hybridized carbons (Fsp3) is 0.533. The summed E-state index contributed by atoms with van der Waals surface area (Å²) in [6.07, 6.45) is 2.71. The van der Waals surface area contributed by atoms with Gasteiger partial charge in [-0.25, -0.2) is 0 Å². The summed E-state index contributed by atoms with van der Waals surface area (Å²) in [5.74, 6) is 1.43. The molecule has 1 amide bonds. The molecule has 2 N–H and O–H groups in total. The molecule has 0 aliphatic rings. The first-order valence-corrected chi connectivity index (χ1v) is 9.43. The van der Waals surface area contributed by atoms with E-state index in [1.807, 2.05) is 26.2 Å². The summed E-state index contributed by atoms with van der Waals surface area (Å²) < 4.78 is 5.07. The minimum atomic E-state index is -0.375. The number of phenols is 1. The van der Waals surface area contributed by atoms with Gasteiger partial charge in [-0.3, -0.25) is 4.79 Å². The van der Waals surface area contributed by atoms with Crippen LogP contribution in [0.5, 0.6) is 11.5 Å². The lowest BCUT2D eigenvalue weighted by Gasteiger charge is -2.22. The van der Waals surface area contributed by atoms with E-state index in [1.165, 1.54) is 7.11 Å². The lowest BCUT2D eigenvalue weighted by molar-refractivity contribution is -0.128. The zero-order chi connectivity index (χ0) is 15.9. The predicted molar refractivity (Wildman–Crippen MR) is 91.1 cm³/mol. The van der Waals surface area contributed by atoms with Crippen molar-refractivity contribution in [3.05, 3.63) is 23.8 Å². The Bertz CT molecular complexity index is 478. The molecule has 0 radical (unpaired) electrons. The molecule has 0 bridgehead atoms. The summed E-state index contributed by atoms with van der Waals surface area (Å²) in [6, 6.07) is 5.23. The Morgan fingerprint density at radius 3 is 2.76 bits per heavy atom. The highest BCUT2D eigenvalue weighted by Gasteiger charge is 2.27. The zero-order valence-corrected chi connectivity index (χ0v) is 14.6. The van der Waals surface area contributed by atoms with Crippen LogP contribution in [0.4, 0.5) is 0 Å². The smallest absolute Gasteiger partial charge is 0.226 e. The zero-order valence-electron chi connectivity index (χ0n) is 12.9. The molecule has 1 rings (SSSR count). The van der Waals surface area contributed by atoms with Crippen LogP contribution < -0.4 is 10.1 Å². The van der Waals surface area contributed by atoms with Crippen LogP contribution in [-0.2, 0) is 11.2 Å². The number of hydrogen-bond donors (Lipinski definition) is 2. The van der Waals surface area contributed by atoms with Crippen molar-refractivity contribution < 1.29 is 14.6 Å². The van der Waals surface area contributed by atoms with Crippen LogP contribution in [0.3, 0.4) is 0 Å². The maximum atomic E-state index is 12.1. The maximum Gasteiger partial charge on any atom is 0.226 e. The summed E-state index contributed by atoms with van der Waals surface area (Å²) in [5, 5.41) is 12.5. The van der Waals surface area contributed by atoms with E-state index < -0.39 is 0 Å². The molecule has 0 aliphatic carbocycles. The van der Waals surface area contributed by atoms with Crippen molar-refractivity contribution in [1.29, 1.82) is 0 Å². The second kappa shape index (κ2) is 8.44. The van der Waals surface area contributed by atoms with E-state index >= 15 is 0 Å². The summed E-state index contributed by atoms with van der Waals surface area (Å²) in [7, 11) is 4.88. The van der Waals surface area contributed by atoms with Crippen LogP contribution in [0, 0.1) is 5.41 Å². The number of methoxy groups -OCH3 is 1. The molecule has 1 aromatic carbocycles. The van der Waals surface area contributed by atoms with Crippen molar-refractivity contribution >= 4 is 27.5 Å². The largest absolute Gasteiger partial charge is 0.504 e. The van der Waals surface area contributed by atoms with Gasteiger partial charge < -0.3 is 15.2 Å². The molecule has 4 nitrogen and oxygen atoms in total. The fourth-order valence-electron chi connectivity index (χ4n) is 1.71. The Morgan fingerprint density at radius 2 is 2.14 bits per heavy atom. The average Bonchev–Trinajstić information content (AvgIpc) is 2.46. The van der Waals surface area contributed by atoms with Crippen molar-refractivity contribution in [2.75, 3.05) is 25.7 Å². The van der Waals surface area contributed by atoms with Gasteiger partial charge in [0, 0.05) is 12.3 Å². The molecule has 0 atom stereocenters. The molecule has 21 heavy (non-hydrogen) atoms. The van der Waals surface area contributed by atoms with Gasteiger partial charge in [0.2, 0.25) is 5.91 Å². The Kier molecular flexibility index (Phi) is 7.25. The molecule has 0 fully saturated rings. The molecule has 118 valence electrons. The normalized spacial score (nSPS) is 11.2. The van der Waals surface area contributed by atoms with Crippen LogP contribution in [-0.4, -0.2) is 36.7 Å². The molecule has 0 aromatic heterocycles. The minimum absolute atomic E-state index is 0.0646. The summed E-state index contributed by atoms with van der Waals surface area (Å²) >= 11 is 0. The van der Waals surface area contributed by atoms with Gasteiger partial charge >= 0.3 is 0 Å². The number of nitrogens with one attached hydrogen (secondary N) is 1. The number of hydrogen-bond acceptors (Lipinski definition) is 5. The number of phenolic OH excluding ortho intramolecular Hbond substituents is 1. The van der Waals surface area contributed by atoms with Crippen LogP contribution in [0.2, 0.25) is 0 Å². The second-order valence-electron chi connectivity index (χ2n) is 5.32. The number of ether oxygens (including phenoxy) is 1. The van der Waals surface area contributed by atoms with Gasteiger partial charge in [-0.15, -0.1) is 0 Å². The number of amides is 1. The number of aromatic hydroxyl groups is 1. The average molecular weight is 329 g/mol. The quantitative estimate of drug-likeness (QED) is 0.718. The Hall–Kier alpha value is -1.01. The molecule has 0 aliphatic heterocycles. The van der Waals surface area contributed by atoms with Crippen LogP contribution in [0.1, 0.15) is 19.4 Å². The highest BCUT2D eigenvalue weighted by atomic mass is 33.1. The first-order valence-electron chi connectivity index (χ1n) is 6.70. The lowest BCUT2D eigenvalue weighted by atomic mass is 9.95. The highest BCUT2D eigenvalue weighted by molar-refractivity contribution is 8.76. The van der Waals surface area contributed by atoms with E-state index in [-0.39, 0.29) is 17.1 Å². The molecular weight excluding hydrogens is 306 g/mol. The summed E-state index contributed by atoms with van der Waals surface area (Å²) in [6.45, 7) is 4.48. The third-order valence-electron chi connectivity index (χ3n) is 3.10. The number of carbonyl (C=O) groups excluding carboxylic acids is 1. The van der Waals surface area contributed by atoms with Crippen LogP contribution in [0.25, 0.3) is 0 Å². The van der Waals surface area contributed by atoms with Crippen molar-refractivity contribution in [1.82, 2.24) is 5.32 Å². The predicted octanol–water partition coefficient (Wildman–Crippen LogP) is 3.10. The van der Waals surface area contributed by atoms with Crippen molar-refractivity contribution in [3.8, 4) is 11.5 Å². The Labute approximate surface area is 134 Å². The van der Waals surface area contributed by atoms with Crippen LogP contribution in [0.15, 0.2) is 18.2 Å². The third-order valence-corrected chi connectivity index (χ3v) is 5.23. The maximum absolute atomic E-state index is 12.1. The van der Waals surface area contributed by atoms with Gasteiger partial charge in [0.1, 0.15) is 0 Å². The molecule has 0 saturated carbocycles. The molecule has 0 heterocycles. The second-order valence-corrected chi connectivity index (χ2v) is 7.89. The number of rotatable bonds is 8. The molecule has 0 saturated heterocycles. The standard InChI is InChI=1S/C15H23NO3S2/c1-15(2,10-21-20-4)14(18)16-8-7-11-5-6-12(17)13(9-11)19-3/h5-6,9,17H,7-8,10H2,1-4H3,(H,16,18).